The summed E-state index contributed by atoms with van der Waals surface area (Å²) in [6, 6.07) is 8.43. The number of hydrogen-bond donors (Lipinski definition) is 1. The summed E-state index contributed by atoms with van der Waals surface area (Å²) in [5.74, 6) is 2.60. The number of aromatic nitrogens is 3. The highest BCUT2D eigenvalue weighted by atomic mass is 79.9. The van der Waals surface area contributed by atoms with E-state index in [0.717, 1.165) is 42.2 Å². The Balaban J connectivity index is 1.87. The zero-order chi connectivity index (χ0) is 13.2. The molecule has 1 fully saturated rings. The van der Waals surface area contributed by atoms with Gasteiger partial charge < -0.3 is 9.88 Å². The molecule has 1 saturated heterocycles. The van der Waals surface area contributed by atoms with Crippen LogP contribution in [0.2, 0.25) is 0 Å². The van der Waals surface area contributed by atoms with E-state index in [1.165, 1.54) is 5.56 Å². The molecule has 0 radical (unpaired) electrons. The molecule has 5 heteroatoms. The van der Waals surface area contributed by atoms with Crippen LogP contribution in [0.1, 0.15) is 29.6 Å². The van der Waals surface area contributed by atoms with Crippen molar-refractivity contribution < 1.29 is 0 Å². The number of rotatable bonds is 3. The second-order valence-corrected chi connectivity index (χ2v) is 5.92. The minimum atomic E-state index is 0.497. The predicted molar refractivity (Wildman–Crippen MR) is 78.2 cm³/mol. The summed E-state index contributed by atoms with van der Waals surface area (Å²) in [5, 5.41) is 12.0. The lowest BCUT2D eigenvalue weighted by Gasteiger charge is -2.12. The number of benzene rings is 1. The molecule has 1 N–H and O–H groups in total. The highest BCUT2D eigenvalue weighted by molar-refractivity contribution is 9.10. The van der Waals surface area contributed by atoms with Crippen molar-refractivity contribution >= 4 is 15.9 Å². The van der Waals surface area contributed by atoms with Crippen LogP contribution in [0.4, 0.5) is 0 Å². The number of nitrogens with zero attached hydrogens (tertiary/aromatic N) is 3. The number of aryl methyl sites for hydroxylation is 1. The Kier molecular flexibility index (Phi) is 3.66. The van der Waals surface area contributed by atoms with Crippen LogP contribution in [-0.4, -0.2) is 27.9 Å². The number of nitrogens with one attached hydrogen (secondary N) is 1. The van der Waals surface area contributed by atoms with Gasteiger partial charge in [-0.15, -0.1) is 10.2 Å². The van der Waals surface area contributed by atoms with Crippen molar-refractivity contribution in [2.24, 2.45) is 0 Å². The Bertz CT molecular complexity index is 555. The first-order valence-corrected chi connectivity index (χ1v) is 7.38. The fourth-order valence-corrected chi connectivity index (χ4v) is 2.81. The van der Waals surface area contributed by atoms with Crippen LogP contribution >= 0.6 is 15.9 Å². The van der Waals surface area contributed by atoms with Gasteiger partial charge in [0.2, 0.25) is 0 Å². The van der Waals surface area contributed by atoms with Crippen molar-refractivity contribution in [1.29, 1.82) is 0 Å². The van der Waals surface area contributed by atoms with Gasteiger partial charge in [-0.1, -0.05) is 28.1 Å². The van der Waals surface area contributed by atoms with E-state index < -0.39 is 0 Å². The molecule has 4 nitrogen and oxygen atoms in total. The molecule has 19 heavy (non-hydrogen) atoms. The Morgan fingerprint density at radius 3 is 2.79 bits per heavy atom. The molecule has 2 heterocycles. The van der Waals surface area contributed by atoms with Gasteiger partial charge in [0.25, 0.3) is 0 Å². The minimum Gasteiger partial charge on any atom is -0.316 e. The van der Waals surface area contributed by atoms with Gasteiger partial charge in [0.15, 0.2) is 0 Å². The van der Waals surface area contributed by atoms with Crippen molar-refractivity contribution in [3.8, 4) is 0 Å². The van der Waals surface area contributed by atoms with Gasteiger partial charge in [-0.25, -0.2) is 0 Å². The molecule has 1 aromatic heterocycles. The molecule has 0 saturated carbocycles. The van der Waals surface area contributed by atoms with Gasteiger partial charge in [-0.2, -0.15) is 0 Å². The molecule has 0 amide bonds. The van der Waals surface area contributed by atoms with Crippen LogP contribution in [0.15, 0.2) is 28.7 Å². The fourth-order valence-electron chi connectivity index (χ4n) is 2.54. The first-order valence-electron chi connectivity index (χ1n) is 6.59. The molecule has 1 aliphatic rings. The molecule has 3 rings (SSSR count). The molecule has 0 bridgehead atoms. The normalized spacial score (nSPS) is 18.9. The van der Waals surface area contributed by atoms with Crippen molar-refractivity contribution in [3.05, 3.63) is 46.0 Å². The molecule has 0 spiro atoms. The maximum Gasteiger partial charge on any atom is 0.137 e. The summed E-state index contributed by atoms with van der Waals surface area (Å²) in [6.07, 6.45) is 1.15. The van der Waals surface area contributed by atoms with Crippen LogP contribution in [0.3, 0.4) is 0 Å². The topological polar surface area (TPSA) is 42.7 Å². The Labute approximate surface area is 121 Å². The molecule has 0 aliphatic carbocycles. The lowest BCUT2D eigenvalue weighted by Crippen LogP contribution is -2.14. The summed E-state index contributed by atoms with van der Waals surface area (Å²) < 4.78 is 3.35. The molecular formula is C14H17BrN4. The Morgan fingerprint density at radius 1 is 1.32 bits per heavy atom. The Morgan fingerprint density at radius 2 is 2.11 bits per heavy atom. The van der Waals surface area contributed by atoms with Gasteiger partial charge in [0, 0.05) is 16.9 Å². The molecule has 1 aliphatic heterocycles. The average Bonchev–Trinajstić information content (AvgIpc) is 3.03. The van der Waals surface area contributed by atoms with E-state index in [4.69, 9.17) is 0 Å². The predicted octanol–water partition coefficient (Wildman–Crippen LogP) is 2.47. The van der Waals surface area contributed by atoms with Crippen molar-refractivity contribution in [3.63, 3.8) is 0 Å². The lowest BCUT2D eigenvalue weighted by molar-refractivity contribution is 0.624. The number of hydrogen-bond acceptors (Lipinski definition) is 3. The van der Waals surface area contributed by atoms with Crippen LogP contribution in [0.5, 0.6) is 0 Å². The Hall–Kier alpha value is -1.20. The average molecular weight is 321 g/mol. The maximum absolute atomic E-state index is 4.38. The summed E-state index contributed by atoms with van der Waals surface area (Å²) in [4.78, 5) is 0. The zero-order valence-corrected chi connectivity index (χ0v) is 12.5. The van der Waals surface area contributed by atoms with Gasteiger partial charge in [-0.3, -0.25) is 0 Å². The quantitative estimate of drug-likeness (QED) is 0.944. The van der Waals surface area contributed by atoms with Crippen LogP contribution in [0, 0.1) is 6.92 Å². The van der Waals surface area contributed by atoms with Gasteiger partial charge in [-0.05, 0) is 37.6 Å². The summed E-state index contributed by atoms with van der Waals surface area (Å²) in [7, 11) is 0. The summed E-state index contributed by atoms with van der Waals surface area (Å²) in [6.45, 7) is 4.96. The molecule has 1 unspecified atom stereocenters. The lowest BCUT2D eigenvalue weighted by atomic mass is 10.1. The van der Waals surface area contributed by atoms with E-state index in [0.29, 0.717) is 5.92 Å². The second-order valence-electron chi connectivity index (χ2n) is 5.01. The van der Waals surface area contributed by atoms with E-state index in [9.17, 15) is 0 Å². The third-order valence-electron chi connectivity index (χ3n) is 3.64. The largest absolute Gasteiger partial charge is 0.316 e. The van der Waals surface area contributed by atoms with Crippen molar-refractivity contribution in [2.45, 2.75) is 25.8 Å². The van der Waals surface area contributed by atoms with Crippen LogP contribution in [-0.2, 0) is 6.54 Å². The third kappa shape index (κ3) is 2.72. The third-order valence-corrected chi connectivity index (χ3v) is 4.17. The molecule has 1 aromatic carbocycles. The van der Waals surface area contributed by atoms with Crippen molar-refractivity contribution in [1.82, 2.24) is 20.1 Å². The van der Waals surface area contributed by atoms with E-state index in [2.05, 4.69) is 60.3 Å². The van der Waals surface area contributed by atoms with Gasteiger partial charge >= 0.3 is 0 Å². The fraction of sp³-hybridized carbons (Fsp3) is 0.429. The SMILES string of the molecule is Cc1nnc(C2CCNC2)n1Cc1ccc(Br)cc1. The molecule has 2 aromatic rings. The summed E-state index contributed by atoms with van der Waals surface area (Å²) >= 11 is 3.47. The monoisotopic (exact) mass is 320 g/mol. The van der Waals surface area contributed by atoms with Gasteiger partial charge in [0.1, 0.15) is 11.6 Å². The van der Waals surface area contributed by atoms with E-state index in [1.54, 1.807) is 0 Å². The van der Waals surface area contributed by atoms with Crippen LogP contribution < -0.4 is 5.32 Å². The van der Waals surface area contributed by atoms with E-state index >= 15 is 0 Å². The smallest absolute Gasteiger partial charge is 0.137 e. The molecule has 1 atom stereocenters. The minimum absolute atomic E-state index is 0.497. The highest BCUT2D eigenvalue weighted by Crippen LogP contribution is 2.22. The van der Waals surface area contributed by atoms with Crippen molar-refractivity contribution in [2.75, 3.05) is 13.1 Å². The first-order chi connectivity index (χ1) is 9.24. The number of halogens is 1. The van der Waals surface area contributed by atoms with Crippen LogP contribution in [0.25, 0.3) is 0 Å². The van der Waals surface area contributed by atoms with Gasteiger partial charge in [0.05, 0.1) is 6.54 Å². The summed E-state index contributed by atoms with van der Waals surface area (Å²) in [5.41, 5.74) is 1.28. The first kappa shape index (κ1) is 12.8. The standard InChI is InChI=1S/C14H17BrN4/c1-10-17-18-14(12-6-7-16-8-12)19(10)9-11-2-4-13(15)5-3-11/h2-5,12,16H,6-9H2,1H3. The second kappa shape index (κ2) is 5.43. The zero-order valence-electron chi connectivity index (χ0n) is 10.9. The van der Waals surface area contributed by atoms with E-state index in [1.807, 2.05) is 6.92 Å². The van der Waals surface area contributed by atoms with E-state index in [-0.39, 0.29) is 0 Å². The highest BCUT2D eigenvalue weighted by Gasteiger charge is 2.23. The molecular weight excluding hydrogens is 304 g/mol. The molecule has 100 valence electrons. The maximum atomic E-state index is 4.38.